The molecule has 10 heteroatoms. The van der Waals surface area contributed by atoms with Crippen LogP contribution in [-0.2, 0) is 16.0 Å². The van der Waals surface area contributed by atoms with E-state index in [-0.39, 0.29) is 17.6 Å². The average Bonchev–Trinajstić information content (AvgIpc) is 3.11. The van der Waals surface area contributed by atoms with Gasteiger partial charge in [0.2, 0.25) is 5.95 Å². The van der Waals surface area contributed by atoms with Crippen LogP contribution in [0.5, 0.6) is 0 Å². The second kappa shape index (κ2) is 8.31. The molecule has 3 rings (SSSR count). The Morgan fingerprint density at radius 2 is 2.11 bits per heavy atom. The number of aromatic nitrogens is 2. The summed E-state index contributed by atoms with van der Waals surface area (Å²) in [7, 11) is 0. The van der Waals surface area contributed by atoms with Gasteiger partial charge >= 0.3 is 5.97 Å². The average molecular weight is 388 g/mol. The lowest BCUT2D eigenvalue weighted by Crippen LogP contribution is -2.19. The SMILES string of the molecule is C[S+]([O-])c1ccc(Nc2nc(N[C@@H]3CC[C@@H](C(=O)O)C3)ncc2N=N)cc1. The van der Waals surface area contributed by atoms with Crippen LogP contribution in [0.3, 0.4) is 0 Å². The number of aliphatic carboxylic acids is 1. The van der Waals surface area contributed by atoms with E-state index in [1.54, 1.807) is 30.5 Å². The van der Waals surface area contributed by atoms with Gasteiger partial charge < -0.3 is 20.3 Å². The predicted molar refractivity (Wildman–Crippen MR) is 101 cm³/mol. The van der Waals surface area contributed by atoms with Crippen molar-refractivity contribution < 1.29 is 14.5 Å². The number of rotatable bonds is 7. The van der Waals surface area contributed by atoms with E-state index in [2.05, 4.69) is 25.7 Å². The van der Waals surface area contributed by atoms with Gasteiger partial charge in [0.15, 0.2) is 10.7 Å². The molecule has 1 unspecified atom stereocenters. The summed E-state index contributed by atoms with van der Waals surface area (Å²) in [6.45, 7) is 0. The van der Waals surface area contributed by atoms with E-state index in [4.69, 9.17) is 10.6 Å². The van der Waals surface area contributed by atoms with Crippen molar-refractivity contribution in [3.05, 3.63) is 30.5 Å². The van der Waals surface area contributed by atoms with Crippen LogP contribution < -0.4 is 10.6 Å². The summed E-state index contributed by atoms with van der Waals surface area (Å²) in [5.74, 6) is -0.402. The minimum atomic E-state index is -1.06. The number of hydrogen-bond acceptors (Lipinski definition) is 8. The fourth-order valence-corrected chi connectivity index (χ4v) is 3.52. The van der Waals surface area contributed by atoms with Gasteiger partial charge in [-0.1, -0.05) is 0 Å². The lowest BCUT2D eigenvalue weighted by molar-refractivity contribution is -0.141. The Balaban J connectivity index is 1.73. The van der Waals surface area contributed by atoms with E-state index in [0.29, 0.717) is 35.2 Å². The number of carboxylic acids is 1. The van der Waals surface area contributed by atoms with Crippen LogP contribution >= 0.6 is 0 Å². The Hall–Kier alpha value is -2.72. The van der Waals surface area contributed by atoms with Crippen LogP contribution in [0.2, 0.25) is 0 Å². The number of anilines is 3. The van der Waals surface area contributed by atoms with Crippen molar-refractivity contribution in [1.29, 1.82) is 5.53 Å². The summed E-state index contributed by atoms with van der Waals surface area (Å²) >= 11 is -1.06. The van der Waals surface area contributed by atoms with Crippen LogP contribution in [0, 0.1) is 11.4 Å². The molecule has 4 N–H and O–H groups in total. The number of hydrogen-bond donors (Lipinski definition) is 4. The standard InChI is InChI=1S/C17H20N6O3S/c1-27(26)13-6-4-11(5-7-13)20-15-14(23-18)9-19-17(22-15)21-12-3-2-10(8-12)16(24)25/h4-7,9-10,12,18H,2-3,8H2,1H3,(H,24,25)(H2,19,20,21,22)/t10-,12-,27?/m1/s1. The monoisotopic (exact) mass is 388 g/mol. The molecule has 1 fully saturated rings. The lowest BCUT2D eigenvalue weighted by atomic mass is 10.1. The van der Waals surface area contributed by atoms with Crippen molar-refractivity contribution in [3.8, 4) is 0 Å². The largest absolute Gasteiger partial charge is 0.612 e. The molecule has 0 radical (unpaired) electrons. The highest BCUT2D eigenvalue weighted by Crippen LogP contribution is 2.30. The van der Waals surface area contributed by atoms with Gasteiger partial charge in [0.1, 0.15) is 11.9 Å². The van der Waals surface area contributed by atoms with Crippen molar-refractivity contribution in [3.63, 3.8) is 0 Å². The molecule has 0 amide bonds. The van der Waals surface area contributed by atoms with E-state index < -0.39 is 17.1 Å². The zero-order valence-corrected chi connectivity index (χ0v) is 15.5. The maximum absolute atomic E-state index is 11.5. The smallest absolute Gasteiger partial charge is 0.306 e. The first kappa shape index (κ1) is 19.1. The predicted octanol–water partition coefficient (Wildman–Crippen LogP) is 3.29. The summed E-state index contributed by atoms with van der Waals surface area (Å²) in [5.41, 5.74) is 8.28. The molecule has 1 saturated carbocycles. The maximum Gasteiger partial charge on any atom is 0.306 e. The van der Waals surface area contributed by atoms with E-state index in [0.717, 1.165) is 6.42 Å². The summed E-state index contributed by atoms with van der Waals surface area (Å²) in [6.07, 6.45) is 4.94. The van der Waals surface area contributed by atoms with Gasteiger partial charge in [-0.25, -0.2) is 10.5 Å². The van der Waals surface area contributed by atoms with Gasteiger partial charge in [-0.3, -0.25) is 4.79 Å². The molecule has 0 aliphatic heterocycles. The quantitative estimate of drug-likeness (QED) is 0.420. The molecule has 0 saturated heterocycles. The van der Waals surface area contributed by atoms with E-state index in [1.165, 1.54) is 6.20 Å². The number of nitrogens with one attached hydrogen (secondary N) is 3. The molecule has 1 aliphatic rings. The van der Waals surface area contributed by atoms with Crippen molar-refractivity contribution in [2.45, 2.75) is 30.2 Å². The molecule has 1 aromatic heterocycles. The number of carboxylic acid groups (broad SMARTS) is 1. The van der Waals surface area contributed by atoms with Crippen molar-refractivity contribution in [2.75, 3.05) is 16.9 Å². The Bertz CT molecular complexity index is 830. The first-order valence-electron chi connectivity index (χ1n) is 8.40. The third-order valence-electron chi connectivity index (χ3n) is 4.45. The van der Waals surface area contributed by atoms with Gasteiger partial charge in [-0.05, 0) is 54.7 Å². The van der Waals surface area contributed by atoms with Crippen molar-refractivity contribution in [1.82, 2.24) is 9.97 Å². The van der Waals surface area contributed by atoms with Gasteiger partial charge in [0.25, 0.3) is 0 Å². The van der Waals surface area contributed by atoms with Gasteiger partial charge in [-0.15, -0.1) is 0 Å². The topological polar surface area (TPSA) is 146 Å². The number of carbonyl (C=O) groups is 1. The van der Waals surface area contributed by atoms with Crippen LogP contribution in [0.1, 0.15) is 19.3 Å². The Morgan fingerprint density at radius 1 is 1.37 bits per heavy atom. The first-order chi connectivity index (χ1) is 13.0. The minimum absolute atomic E-state index is 0.00319. The fourth-order valence-electron chi connectivity index (χ4n) is 3.00. The number of nitrogens with zero attached hydrogens (tertiary/aromatic N) is 3. The maximum atomic E-state index is 11.5. The molecule has 3 atom stereocenters. The highest BCUT2D eigenvalue weighted by Gasteiger charge is 2.30. The van der Waals surface area contributed by atoms with Crippen LogP contribution in [0.4, 0.5) is 23.1 Å². The second-order valence-corrected chi connectivity index (χ2v) is 7.71. The third kappa shape index (κ3) is 4.72. The molecule has 1 aromatic carbocycles. The highest BCUT2D eigenvalue weighted by molar-refractivity contribution is 7.90. The van der Waals surface area contributed by atoms with Crippen molar-refractivity contribution in [2.24, 2.45) is 11.0 Å². The molecular formula is C17H20N6O3S. The second-order valence-electron chi connectivity index (χ2n) is 6.33. The molecular weight excluding hydrogens is 368 g/mol. The van der Waals surface area contributed by atoms with Crippen LogP contribution in [-0.4, -0.2) is 37.9 Å². The fraction of sp³-hybridized carbons (Fsp3) is 0.353. The Kier molecular flexibility index (Phi) is 5.87. The molecule has 2 aromatic rings. The summed E-state index contributed by atoms with van der Waals surface area (Å²) < 4.78 is 11.5. The molecule has 142 valence electrons. The first-order valence-corrected chi connectivity index (χ1v) is 9.96. The molecule has 1 aliphatic carbocycles. The zero-order valence-electron chi connectivity index (χ0n) is 14.7. The molecule has 27 heavy (non-hydrogen) atoms. The van der Waals surface area contributed by atoms with Gasteiger partial charge in [-0.2, -0.15) is 10.1 Å². The normalized spacial score (nSPS) is 20.1. The molecule has 0 bridgehead atoms. The lowest BCUT2D eigenvalue weighted by Gasteiger charge is -2.14. The third-order valence-corrected chi connectivity index (χ3v) is 5.39. The summed E-state index contributed by atoms with van der Waals surface area (Å²) in [6, 6.07) is 7.04. The van der Waals surface area contributed by atoms with Crippen LogP contribution in [0.15, 0.2) is 40.5 Å². The summed E-state index contributed by atoms with van der Waals surface area (Å²) in [4.78, 5) is 20.3. The Morgan fingerprint density at radius 3 is 2.70 bits per heavy atom. The van der Waals surface area contributed by atoms with E-state index in [9.17, 15) is 9.35 Å². The Labute approximate surface area is 159 Å². The van der Waals surface area contributed by atoms with E-state index >= 15 is 0 Å². The van der Waals surface area contributed by atoms with E-state index in [1.807, 2.05) is 0 Å². The van der Waals surface area contributed by atoms with Crippen molar-refractivity contribution >= 4 is 40.3 Å². The summed E-state index contributed by atoms with van der Waals surface area (Å²) in [5, 5.41) is 18.8. The molecule has 0 spiro atoms. The minimum Gasteiger partial charge on any atom is -0.612 e. The van der Waals surface area contributed by atoms with Gasteiger partial charge in [0, 0.05) is 11.7 Å². The molecule has 1 heterocycles. The van der Waals surface area contributed by atoms with Crippen LogP contribution in [0.25, 0.3) is 0 Å². The number of benzene rings is 1. The highest BCUT2D eigenvalue weighted by atomic mass is 32.2. The van der Waals surface area contributed by atoms with Gasteiger partial charge in [0.05, 0.1) is 12.1 Å². The zero-order chi connectivity index (χ0) is 19.4. The molecule has 9 nitrogen and oxygen atoms in total.